The lowest BCUT2D eigenvalue weighted by atomic mass is 10.1. The lowest BCUT2D eigenvalue weighted by Gasteiger charge is -2.03. The number of rotatable bonds is 4. The summed E-state index contributed by atoms with van der Waals surface area (Å²) in [6.45, 7) is 5.96. The first kappa shape index (κ1) is 8.93. The van der Waals surface area contributed by atoms with E-state index in [-0.39, 0.29) is 0 Å². The maximum Gasteiger partial charge on any atom is 0.0973 e. The van der Waals surface area contributed by atoms with Crippen molar-refractivity contribution in [2.24, 2.45) is 5.92 Å². The fourth-order valence-electron chi connectivity index (χ4n) is 0.807. The molecule has 1 atom stereocenters. The van der Waals surface area contributed by atoms with Crippen LogP contribution in [0.25, 0.3) is 0 Å². The Morgan fingerprint density at radius 2 is 1.67 bits per heavy atom. The van der Waals surface area contributed by atoms with Gasteiger partial charge in [0, 0.05) is 0 Å². The van der Waals surface area contributed by atoms with E-state index in [0.29, 0.717) is 0 Å². The third-order valence-corrected chi connectivity index (χ3v) is 1.38. The van der Waals surface area contributed by atoms with Crippen molar-refractivity contribution in [2.45, 2.75) is 46.2 Å². The predicted molar refractivity (Wildman–Crippen MR) is 39.3 cm³/mol. The average Bonchev–Trinajstić information content (AvgIpc) is 1.63. The molecule has 0 spiro atoms. The molecule has 0 nitrogen and oxygen atoms in total. The molecule has 9 heavy (non-hydrogen) atoms. The molecule has 0 aromatic heterocycles. The molecule has 0 bridgehead atoms. The summed E-state index contributed by atoms with van der Waals surface area (Å²) in [6, 6.07) is 0. The van der Waals surface area contributed by atoms with Crippen molar-refractivity contribution in [2.75, 3.05) is 0 Å². The van der Waals surface area contributed by atoms with E-state index >= 15 is 0 Å². The number of halogens is 1. The highest BCUT2D eigenvalue weighted by atomic mass is 18.2. The molecule has 0 saturated carbocycles. The zero-order valence-electron chi connectivity index (χ0n) is 6.65. The molecule has 1 heteroatoms. The molecule has 0 aliphatic heterocycles. The van der Waals surface area contributed by atoms with Gasteiger partial charge in [-0.05, 0) is 19.3 Å². The first-order valence-corrected chi connectivity index (χ1v) is 3.77. The maximum absolute atomic E-state index is 12.2. The summed E-state index contributed by atoms with van der Waals surface area (Å²) < 4.78 is 12.2. The molecule has 0 rings (SSSR count). The van der Waals surface area contributed by atoms with Crippen LogP contribution < -0.4 is 0 Å². The van der Waals surface area contributed by atoms with E-state index in [1.807, 2.05) is 0 Å². The van der Waals surface area contributed by atoms with Gasteiger partial charge in [0.25, 0.3) is 0 Å². The van der Waals surface area contributed by atoms with Crippen molar-refractivity contribution >= 4 is 0 Å². The predicted octanol–water partition coefficient (Wildman–Crippen LogP) is 3.17. The summed E-state index contributed by atoms with van der Waals surface area (Å²) in [6.07, 6.45) is 2.32. The normalized spacial score (nSPS) is 14.3. The van der Waals surface area contributed by atoms with Gasteiger partial charge < -0.3 is 0 Å². The Hall–Kier alpha value is -0.0700. The summed E-state index contributed by atoms with van der Waals surface area (Å²) in [4.78, 5) is 0. The molecule has 0 saturated heterocycles. The van der Waals surface area contributed by atoms with Crippen molar-refractivity contribution in [3.63, 3.8) is 0 Å². The second kappa shape index (κ2) is 4.78. The lowest BCUT2D eigenvalue weighted by Crippen LogP contribution is -1.94. The molecule has 0 heterocycles. The van der Waals surface area contributed by atoms with Gasteiger partial charge in [0.15, 0.2) is 0 Å². The molecule has 0 aliphatic rings. The summed E-state index contributed by atoms with van der Waals surface area (Å²) >= 11 is 0. The van der Waals surface area contributed by atoms with Crippen LogP contribution in [0.1, 0.15) is 40.0 Å². The summed E-state index contributed by atoms with van der Waals surface area (Å²) in [5.74, 6) is 0.726. The average molecular weight is 131 g/mol. The van der Waals surface area contributed by atoms with Crippen LogP contribution in [-0.2, 0) is 0 Å². The summed E-state index contributed by atoms with van der Waals surface area (Å²) in [5, 5.41) is 0. The van der Waals surface area contributed by atoms with Gasteiger partial charge >= 0.3 is 0 Å². The van der Waals surface area contributed by atoms with Gasteiger partial charge in [-0.15, -0.1) is 0 Å². The first-order valence-electron chi connectivity index (χ1n) is 3.77. The highest BCUT2D eigenvalue weighted by Crippen LogP contribution is 2.09. The Kier molecular flexibility index (Phi) is 4.74. The van der Waals surface area contributed by atoms with Gasteiger partial charge in [-0.25, -0.2) is 4.39 Å². The van der Waals surface area contributed by atoms with E-state index in [0.717, 1.165) is 25.2 Å². The SMILES string of the molecule is CC(C)CCC[C@H](C)[18F]. The summed E-state index contributed by atoms with van der Waals surface area (Å²) in [5.41, 5.74) is 0. The molecule has 0 aromatic rings. The van der Waals surface area contributed by atoms with Crippen molar-refractivity contribution in [3.05, 3.63) is 0 Å². The molecule has 0 aromatic carbocycles. The van der Waals surface area contributed by atoms with E-state index in [1.165, 1.54) is 0 Å². The van der Waals surface area contributed by atoms with Crippen molar-refractivity contribution < 1.29 is 4.39 Å². The van der Waals surface area contributed by atoms with Crippen LogP contribution in [0.2, 0.25) is 0 Å². The van der Waals surface area contributed by atoms with Gasteiger partial charge in [0.05, 0.1) is 6.17 Å². The third kappa shape index (κ3) is 7.93. The second-order valence-electron chi connectivity index (χ2n) is 3.11. The molecular formula is C8H17F. The molecule has 0 aliphatic carbocycles. The molecule has 0 radical (unpaired) electrons. The van der Waals surface area contributed by atoms with Crippen LogP contribution in [0, 0.1) is 5.92 Å². The van der Waals surface area contributed by atoms with Crippen LogP contribution in [0.5, 0.6) is 0 Å². The van der Waals surface area contributed by atoms with Gasteiger partial charge in [0.2, 0.25) is 0 Å². The number of hydrogen-bond donors (Lipinski definition) is 0. The third-order valence-electron chi connectivity index (χ3n) is 1.38. The Morgan fingerprint density at radius 1 is 1.11 bits per heavy atom. The van der Waals surface area contributed by atoms with Gasteiger partial charge in [-0.1, -0.05) is 26.7 Å². The quantitative estimate of drug-likeness (QED) is 0.549. The molecule has 0 N–H and O–H groups in total. The van der Waals surface area contributed by atoms with E-state index in [2.05, 4.69) is 13.8 Å². The first-order chi connectivity index (χ1) is 4.13. The van der Waals surface area contributed by atoms with Gasteiger partial charge in [0.1, 0.15) is 0 Å². The van der Waals surface area contributed by atoms with Crippen molar-refractivity contribution in [1.29, 1.82) is 0 Å². The number of alkyl halides is 1. The van der Waals surface area contributed by atoms with Crippen LogP contribution in [-0.4, -0.2) is 6.17 Å². The highest BCUT2D eigenvalue weighted by molar-refractivity contribution is 4.50. The van der Waals surface area contributed by atoms with Crippen LogP contribution in [0.4, 0.5) is 4.39 Å². The Labute approximate surface area is 57.5 Å². The minimum absolute atomic E-state index is 0.608. The van der Waals surface area contributed by atoms with Gasteiger partial charge in [-0.3, -0.25) is 0 Å². The molecule has 0 unspecified atom stereocenters. The maximum atomic E-state index is 12.2. The smallest absolute Gasteiger partial charge is 0.0973 e. The van der Waals surface area contributed by atoms with E-state index in [4.69, 9.17) is 0 Å². The topological polar surface area (TPSA) is 0 Å². The molecule has 56 valence electrons. The second-order valence-corrected chi connectivity index (χ2v) is 3.11. The fourth-order valence-corrected chi connectivity index (χ4v) is 0.807. The largest absolute Gasteiger partial charge is 0.248 e. The molecule has 0 fully saturated rings. The molecule has 0 amide bonds. The zero-order valence-corrected chi connectivity index (χ0v) is 6.65. The zero-order chi connectivity index (χ0) is 7.28. The lowest BCUT2D eigenvalue weighted by molar-refractivity contribution is 0.324. The van der Waals surface area contributed by atoms with Crippen molar-refractivity contribution in [3.8, 4) is 0 Å². The Balaban J connectivity index is 2.91. The standard InChI is InChI=1S/C8H17F/c1-7(2)5-4-6-8(3)9/h7-8H,4-6H2,1-3H3/t8-/m0/s1/i9-1. The summed E-state index contributed by atoms with van der Waals surface area (Å²) in [7, 11) is 0. The van der Waals surface area contributed by atoms with E-state index in [1.54, 1.807) is 6.92 Å². The fraction of sp³-hybridized carbons (Fsp3) is 1.00. The molecular weight excluding hydrogens is 114 g/mol. The Morgan fingerprint density at radius 3 is 2.00 bits per heavy atom. The van der Waals surface area contributed by atoms with Crippen molar-refractivity contribution in [1.82, 2.24) is 0 Å². The van der Waals surface area contributed by atoms with Gasteiger partial charge in [-0.2, -0.15) is 0 Å². The Bertz CT molecular complexity index is 49.6. The van der Waals surface area contributed by atoms with E-state index < -0.39 is 6.17 Å². The highest BCUT2D eigenvalue weighted by Gasteiger charge is 1.98. The number of hydrogen-bond acceptors (Lipinski definition) is 0. The minimum Gasteiger partial charge on any atom is -0.248 e. The van der Waals surface area contributed by atoms with Crippen LogP contribution in [0.3, 0.4) is 0 Å². The monoisotopic (exact) mass is 131 g/mol. The van der Waals surface area contributed by atoms with Crippen LogP contribution in [0.15, 0.2) is 0 Å². The van der Waals surface area contributed by atoms with E-state index in [9.17, 15) is 4.39 Å². The minimum atomic E-state index is -0.608. The van der Waals surface area contributed by atoms with Crippen LogP contribution >= 0.6 is 0 Å².